The Morgan fingerprint density at radius 2 is 2.32 bits per heavy atom. The van der Waals surface area contributed by atoms with Crippen molar-refractivity contribution in [3.63, 3.8) is 0 Å². The summed E-state index contributed by atoms with van der Waals surface area (Å²) < 4.78 is 19.4. The van der Waals surface area contributed by atoms with Gasteiger partial charge in [-0.05, 0) is 24.5 Å². The molecule has 6 heteroatoms. The molecule has 3 atom stereocenters. The number of carbonyl (C=O) groups excluding carboxylic acids is 1. The van der Waals surface area contributed by atoms with Crippen LogP contribution in [0.2, 0.25) is 0 Å². The Morgan fingerprint density at radius 1 is 1.55 bits per heavy atom. The number of thioether (sulfide) groups is 1. The van der Waals surface area contributed by atoms with Crippen LogP contribution >= 0.6 is 11.8 Å². The normalized spacial score (nSPS) is 31.9. The molecule has 1 aromatic heterocycles. The highest BCUT2D eigenvalue weighted by molar-refractivity contribution is 8.01. The SMILES string of the molecule is C[C@@H]1C[C@@H]1C(=O)N1CC2(C[C@@H](Oc3ncccc3F)CS2)C1. The summed E-state index contributed by atoms with van der Waals surface area (Å²) in [7, 11) is 0. The van der Waals surface area contributed by atoms with Crippen molar-refractivity contribution in [2.75, 3.05) is 18.8 Å². The van der Waals surface area contributed by atoms with Gasteiger partial charge in [-0.15, -0.1) is 11.8 Å². The van der Waals surface area contributed by atoms with E-state index < -0.39 is 5.82 Å². The molecule has 1 aromatic rings. The molecule has 1 amide bonds. The number of amides is 1. The number of hydrogen-bond donors (Lipinski definition) is 0. The predicted molar refractivity (Wildman–Crippen MR) is 82.3 cm³/mol. The topological polar surface area (TPSA) is 42.4 Å². The Labute approximate surface area is 133 Å². The Bertz CT molecular complexity index is 606. The lowest BCUT2D eigenvalue weighted by atomic mass is 9.92. The van der Waals surface area contributed by atoms with Gasteiger partial charge in [0.15, 0.2) is 5.82 Å². The molecule has 1 aliphatic carbocycles. The van der Waals surface area contributed by atoms with Crippen molar-refractivity contribution in [3.05, 3.63) is 24.1 Å². The Kier molecular flexibility index (Phi) is 3.33. The number of aromatic nitrogens is 1. The maximum Gasteiger partial charge on any atom is 0.250 e. The zero-order valence-electron chi connectivity index (χ0n) is 12.5. The monoisotopic (exact) mass is 322 g/mol. The number of likely N-dealkylation sites (tertiary alicyclic amines) is 1. The molecular weight excluding hydrogens is 303 g/mol. The number of halogens is 1. The molecule has 0 N–H and O–H groups in total. The van der Waals surface area contributed by atoms with Crippen molar-refractivity contribution < 1.29 is 13.9 Å². The van der Waals surface area contributed by atoms with Gasteiger partial charge in [0.2, 0.25) is 5.91 Å². The van der Waals surface area contributed by atoms with Gasteiger partial charge in [0.05, 0.1) is 4.75 Å². The first-order valence-electron chi connectivity index (χ1n) is 7.76. The standard InChI is InChI=1S/C16H19FN2O2S/c1-10-5-12(10)15(20)19-8-16(9-19)6-11(7-22-16)21-14-13(17)3-2-4-18-14/h2-4,10-12H,5-9H2,1H3/t10-,11-,12+/m1/s1. The van der Waals surface area contributed by atoms with E-state index in [0.717, 1.165) is 31.7 Å². The van der Waals surface area contributed by atoms with Gasteiger partial charge in [0, 0.05) is 37.4 Å². The van der Waals surface area contributed by atoms with Crippen LogP contribution in [0.15, 0.2) is 18.3 Å². The summed E-state index contributed by atoms with van der Waals surface area (Å²) >= 11 is 1.85. The van der Waals surface area contributed by atoms with Crippen molar-refractivity contribution in [2.24, 2.45) is 11.8 Å². The first kappa shape index (κ1) is 14.3. The molecule has 4 nitrogen and oxygen atoms in total. The van der Waals surface area contributed by atoms with Crippen molar-refractivity contribution in [1.29, 1.82) is 0 Å². The second kappa shape index (κ2) is 5.11. The molecule has 0 radical (unpaired) electrons. The minimum absolute atomic E-state index is 0.0218. The quantitative estimate of drug-likeness (QED) is 0.857. The zero-order valence-corrected chi connectivity index (χ0v) is 13.3. The summed E-state index contributed by atoms with van der Waals surface area (Å²) in [5.74, 6) is 1.64. The first-order valence-corrected chi connectivity index (χ1v) is 8.75. The molecule has 4 rings (SSSR count). The van der Waals surface area contributed by atoms with E-state index in [1.165, 1.54) is 12.3 Å². The van der Waals surface area contributed by atoms with E-state index in [2.05, 4.69) is 11.9 Å². The number of carbonyl (C=O) groups is 1. The summed E-state index contributed by atoms with van der Waals surface area (Å²) in [5.41, 5.74) is 0. The number of hydrogen-bond acceptors (Lipinski definition) is 4. The van der Waals surface area contributed by atoms with Crippen LogP contribution in [-0.4, -0.2) is 45.5 Å². The average molecular weight is 322 g/mol. The molecule has 118 valence electrons. The van der Waals surface area contributed by atoms with Gasteiger partial charge < -0.3 is 9.64 Å². The Morgan fingerprint density at radius 3 is 3.00 bits per heavy atom. The largest absolute Gasteiger partial charge is 0.471 e. The van der Waals surface area contributed by atoms with Crippen LogP contribution in [0, 0.1) is 17.7 Å². The molecule has 1 spiro atoms. The molecular formula is C16H19FN2O2S. The Hall–Kier alpha value is -1.30. The van der Waals surface area contributed by atoms with Crippen LogP contribution in [0.5, 0.6) is 5.88 Å². The van der Waals surface area contributed by atoms with Crippen molar-refractivity contribution in [3.8, 4) is 5.88 Å². The molecule has 3 fully saturated rings. The summed E-state index contributed by atoms with van der Waals surface area (Å²) in [6, 6.07) is 2.92. The average Bonchev–Trinajstić information content (AvgIpc) is 3.04. The minimum atomic E-state index is -0.415. The van der Waals surface area contributed by atoms with Gasteiger partial charge in [0.1, 0.15) is 6.10 Å². The van der Waals surface area contributed by atoms with E-state index >= 15 is 0 Å². The van der Waals surface area contributed by atoms with Crippen LogP contribution in [0.3, 0.4) is 0 Å². The molecule has 3 heterocycles. The van der Waals surface area contributed by atoms with Crippen molar-refractivity contribution in [1.82, 2.24) is 9.88 Å². The van der Waals surface area contributed by atoms with Gasteiger partial charge in [-0.3, -0.25) is 4.79 Å². The fourth-order valence-corrected chi connectivity index (χ4v) is 4.94. The lowest BCUT2D eigenvalue weighted by Gasteiger charge is -2.47. The maximum absolute atomic E-state index is 13.6. The maximum atomic E-state index is 13.6. The van der Waals surface area contributed by atoms with E-state index in [1.54, 1.807) is 6.07 Å². The van der Waals surface area contributed by atoms with Crippen molar-refractivity contribution in [2.45, 2.75) is 30.6 Å². The smallest absolute Gasteiger partial charge is 0.250 e. The summed E-state index contributed by atoms with van der Waals surface area (Å²) in [6.45, 7) is 3.75. The number of rotatable bonds is 3. The lowest BCUT2D eigenvalue weighted by molar-refractivity contribution is -0.138. The van der Waals surface area contributed by atoms with Gasteiger partial charge in [-0.25, -0.2) is 9.37 Å². The van der Waals surface area contributed by atoms with E-state index in [9.17, 15) is 9.18 Å². The number of ether oxygens (including phenoxy) is 1. The summed E-state index contributed by atoms with van der Waals surface area (Å²) in [6.07, 6.45) is 3.42. The predicted octanol–water partition coefficient (Wildman–Crippen LogP) is 2.34. The third-order valence-corrected chi connectivity index (χ3v) is 6.45. The highest BCUT2D eigenvalue weighted by Crippen LogP contribution is 2.48. The molecule has 2 saturated heterocycles. The molecule has 0 aromatic carbocycles. The van der Waals surface area contributed by atoms with E-state index in [4.69, 9.17) is 4.74 Å². The first-order chi connectivity index (χ1) is 10.6. The second-order valence-corrected chi connectivity index (χ2v) is 8.23. The van der Waals surface area contributed by atoms with Gasteiger partial charge in [-0.1, -0.05) is 6.92 Å². The third-order valence-electron chi connectivity index (χ3n) is 4.87. The lowest BCUT2D eigenvalue weighted by Crippen LogP contribution is -2.61. The van der Waals surface area contributed by atoms with Crippen molar-refractivity contribution >= 4 is 17.7 Å². The van der Waals surface area contributed by atoms with E-state index in [-0.39, 0.29) is 22.6 Å². The number of pyridine rings is 1. The van der Waals surface area contributed by atoms with Crippen LogP contribution in [0.25, 0.3) is 0 Å². The fourth-order valence-electron chi connectivity index (χ4n) is 3.42. The fraction of sp³-hybridized carbons (Fsp3) is 0.625. The zero-order chi connectivity index (χ0) is 15.3. The molecule has 3 aliphatic rings. The highest BCUT2D eigenvalue weighted by Gasteiger charge is 2.54. The molecule has 22 heavy (non-hydrogen) atoms. The summed E-state index contributed by atoms with van der Waals surface area (Å²) in [4.78, 5) is 18.1. The summed E-state index contributed by atoms with van der Waals surface area (Å²) in [5, 5.41) is 0. The van der Waals surface area contributed by atoms with E-state index in [1.807, 2.05) is 16.7 Å². The van der Waals surface area contributed by atoms with Crippen LogP contribution in [-0.2, 0) is 4.79 Å². The van der Waals surface area contributed by atoms with E-state index in [0.29, 0.717) is 11.8 Å². The molecule has 2 aliphatic heterocycles. The second-order valence-electron chi connectivity index (χ2n) is 6.74. The van der Waals surface area contributed by atoms with Crippen LogP contribution in [0.1, 0.15) is 19.8 Å². The molecule has 0 bridgehead atoms. The molecule has 0 unspecified atom stereocenters. The van der Waals surface area contributed by atoms with Crippen LogP contribution in [0.4, 0.5) is 4.39 Å². The van der Waals surface area contributed by atoms with Gasteiger partial charge in [-0.2, -0.15) is 0 Å². The Balaban J connectivity index is 1.32. The minimum Gasteiger partial charge on any atom is -0.471 e. The van der Waals surface area contributed by atoms with Gasteiger partial charge >= 0.3 is 0 Å². The number of nitrogens with zero attached hydrogens (tertiary/aromatic N) is 2. The van der Waals surface area contributed by atoms with Gasteiger partial charge in [0.25, 0.3) is 5.88 Å². The highest BCUT2D eigenvalue weighted by atomic mass is 32.2. The molecule has 1 saturated carbocycles. The van der Waals surface area contributed by atoms with Crippen LogP contribution < -0.4 is 4.74 Å². The third kappa shape index (κ3) is 2.47.